The highest BCUT2D eigenvalue weighted by molar-refractivity contribution is 6.99. The van der Waals surface area contributed by atoms with E-state index in [0.717, 1.165) is 32.6 Å². The van der Waals surface area contributed by atoms with Gasteiger partial charge >= 0.3 is 0 Å². The van der Waals surface area contributed by atoms with Crippen molar-refractivity contribution in [3.05, 3.63) is 215 Å². The normalized spacial score (nSPS) is 19.5. The van der Waals surface area contributed by atoms with Crippen LogP contribution in [0.15, 0.2) is 187 Å². The minimum absolute atomic E-state index is 0.168. The summed E-state index contributed by atoms with van der Waals surface area (Å²) < 4.78 is 41.8. The van der Waals surface area contributed by atoms with Crippen molar-refractivity contribution in [3.63, 3.8) is 0 Å². The first kappa shape index (κ1) is 45.6. The highest BCUT2D eigenvalue weighted by Gasteiger charge is 2.52. The quantitative estimate of drug-likeness (QED) is 0.0309. The molecular weight excluding hydrogens is 803 g/mol. The van der Waals surface area contributed by atoms with Crippen molar-refractivity contribution >= 4 is 18.7 Å². The van der Waals surface area contributed by atoms with Crippen molar-refractivity contribution in [2.24, 2.45) is 5.11 Å². The molecule has 0 N–H and O–H groups in total. The Bertz CT molecular complexity index is 2220. The third-order valence-corrected chi connectivity index (χ3v) is 16.6. The molecule has 1 aliphatic rings. The molecule has 63 heavy (non-hydrogen) atoms. The van der Waals surface area contributed by atoms with E-state index in [0.29, 0.717) is 32.8 Å². The molecule has 0 radical (unpaired) electrons. The van der Waals surface area contributed by atoms with E-state index in [9.17, 15) is 5.53 Å². The minimum atomic E-state index is -2.98. The summed E-state index contributed by atoms with van der Waals surface area (Å²) in [5, 5.41) is 6.43. The van der Waals surface area contributed by atoms with Gasteiger partial charge in [-0.3, -0.25) is 0 Å². The molecule has 0 bridgehead atoms. The van der Waals surface area contributed by atoms with E-state index in [1.165, 1.54) is 0 Å². The predicted octanol–water partition coefficient (Wildman–Crippen LogP) is 10.4. The summed E-state index contributed by atoms with van der Waals surface area (Å²) in [7, 11) is -2.98. The summed E-state index contributed by atoms with van der Waals surface area (Å²) in [5.41, 5.74) is 14.2. The molecule has 1 heterocycles. The molecule has 0 unspecified atom stereocenters. The molecule has 1 aliphatic heterocycles. The molecule has 6 aromatic carbocycles. The van der Waals surface area contributed by atoms with Crippen molar-refractivity contribution in [2.45, 2.75) is 95.2 Å². The standard InChI is InChI=1S/C53H59N3O6Si/c1-53(2,3)63(46-30-18-8-19-31-46,47-32-20-9-21-33-47)61-39-45(55-56-54)34-48-50(58-36-42-24-12-5-13-25-42)52(60-38-44-28-16-7-17-29-44)51(59-37-43-26-14-6-15-27-43)49(62-48)40-57-35-41-22-10-4-11-23-41/h4-33,45,48-52H,34-40H2,1-3H3/t45-,48+,49-,50+,51+,52-/m1/s1. The molecule has 1 fully saturated rings. The van der Waals surface area contributed by atoms with Crippen molar-refractivity contribution in [1.82, 2.24) is 0 Å². The predicted molar refractivity (Wildman–Crippen MR) is 251 cm³/mol. The minimum Gasteiger partial charge on any atom is -0.407 e. The van der Waals surface area contributed by atoms with E-state index in [1.54, 1.807) is 0 Å². The molecule has 6 atom stereocenters. The van der Waals surface area contributed by atoms with Gasteiger partial charge in [-0.2, -0.15) is 0 Å². The fourth-order valence-electron chi connectivity index (χ4n) is 8.55. The maximum absolute atomic E-state index is 10.1. The lowest BCUT2D eigenvalue weighted by molar-refractivity contribution is -0.274. The van der Waals surface area contributed by atoms with Gasteiger partial charge < -0.3 is 28.1 Å². The lowest BCUT2D eigenvalue weighted by Crippen LogP contribution is -2.67. The third-order valence-electron chi connectivity index (χ3n) is 11.6. The third kappa shape index (κ3) is 12.2. The van der Waals surface area contributed by atoms with Crippen molar-refractivity contribution in [1.29, 1.82) is 0 Å². The van der Waals surface area contributed by atoms with Crippen LogP contribution in [0.1, 0.15) is 49.4 Å². The number of ether oxygens (including phenoxy) is 5. The number of azide groups is 1. The van der Waals surface area contributed by atoms with Gasteiger partial charge in [0.05, 0.1) is 45.2 Å². The Balaban J connectivity index is 1.25. The summed E-state index contributed by atoms with van der Waals surface area (Å²) in [6, 6.07) is 60.8. The van der Waals surface area contributed by atoms with Crippen LogP contribution in [0, 0.1) is 0 Å². The average molecular weight is 862 g/mol. The Labute approximate surface area is 373 Å². The van der Waals surface area contributed by atoms with E-state index in [-0.39, 0.29) is 18.3 Å². The molecule has 0 aliphatic carbocycles. The van der Waals surface area contributed by atoms with Crippen LogP contribution in [0.2, 0.25) is 5.04 Å². The first-order chi connectivity index (χ1) is 30.8. The molecule has 0 aromatic heterocycles. The number of hydrogen-bond donors (Lipinski definition) is 0. The van der Waals surface area contributed by atoms with E-state index >= 15 is 0 Å². The maximum atomic E-state index is 10.1. The number of nitrogens with zero attached hydrogens (tertiary/aromatic N) is 3. The fourth-order valence-corrected chi connectivity index (χ4v) is 13.1. The van der Waals surface area contributed by atoms with Crippen LogP contribution in [0.4, 0.5) is 0 Å². The Morgan fingerprint density at radius 3 is 1.33 bits per heavy atom. The Morgan fingerprint density at radius 2 is 0.921 bits per heavy atom. The number of hydrogen-bond acceptors (Lipinski definition) is 7. The molecule has 0 saturated carbocycles. The molecule has 0 amide bonds. The van der Waals surface area contributed by atoms with Crippen molar-refractivity contribution < 1.29 is 28.1 Å². The Hall–Kier alpha value is -5.39. The Kier molecular flexibility index (Phi) is 16.5. The Morgan fingerprint density at radius 1 is 0.540 bits per heavy atom. The zero-order chi connectivity index (χ0) is 43.7. The van der Waals surface area contributed by atoms with Crippen LogP contribution in [0.3, 0.4) is 0 Å². The molecule has 10 heteroatoms. The van der Waals surface area contributed by atoms with E-state index in [2.05, 4.69) is 91.5 Å². The largest absolute Gasteiger partial charge is 0.407 e. The number of rotatable bonds is 21. The molecule has 6 aromatic rings. The zero-order valence-corrected chi connectivity index (χ0v) is 37.5. The van der Waals surface area contributed by atoms with Crippen molar-refractivity contribution in [2.75, 3.05) is 13.2 Å². The molecule has 9 nitrogen and oxygen atoms in total. The van der Waals surface area contributed by atoms with Crippen LogP contribution in [-0.2, 0) is 54.5 Å². The van der Waals surface area contributed by atoms with Crippen LogP contribution in [0.25, 0.3) is 10.4 Å². The average Bonchev–Trinajstić information content (AvgIpc) is 3.32. The van der Waals surface area contributed by atoms with Crippen LogP contribution in [0.5, 0.6) is 0 Å². The van der Waals surface area contributed by atoms with Gasteiger partial charge in [-0.05, 0) is 49.6 Å². The van der Waals surface area contributed by atoms with Gasteiger partial charge in [0.25, 0.3) is 8.32 Å². The first-order valence-electron chi connectivity index (χ1n) is 21.9. The van der Waals surface area contributed by atoms with E-state index < -0.39 is 44.9 Å². The van der Waals surface area contributed by atoms with Gasteiger partial charge in [0.1, 0.15) is 24.4 Å². The van der Waals surface area contributed by atoms with Crippen LogP contribution < -0.4 is 10.4 Å². The molecule has 0 spiro atoms. The molecule has 7 rings (SSSR count). The SMILES string of the molecule is CC(C)(C)[Si](OC[C@@H](C[C@@H]1O[C@H](COCc2ccccc2)[C@H](OCc2ccccc2)[C@H](OCc2ccccc2)[C@H]1OCc1ccccc1)N=[N+]=[N-])(c1ccccc1)c1ccccc1. The maximum Gasteiger partial charge on any atom is 0.261 e. The van der Waals surface area contributed by atoms with Gasteiger partial charge in [0.2, 0.25) is 0 Å². The van der Waals surface area contributed by atoms with Gasteiger partial charge in [0.15, 0.2) is 0 Å². The van der Waals surface area contributed by atoms with Gasteiger partial charge in [-0.1, -0.05) is 208 Å². The summed E-state index contributed by atoms with van der Waals surface area (Å²) in [5.74, 6) is 0. The van der Waals surface area contributed by atoms with Crippen LogP contribution >= 0.6 is 0 Å². The topological polar surface area (TPSA) is 104 Å². The molecular formula is C53H59N3O6Si. The monoisotopic (exact) mass is 861 g/mol. The first-order valence-corrected chi connectivity index (χ1v) is 23.8. The lowest BCUT2D eigenvalue weighted by atomic mass is 9.91. The summed E-state index contributed by atoms with van der Waals surface area (Å²) in [4.78, 5) is 3.39. The van der Waals surface area contributed by atoms with E-state index in [1.807, 2.05) is 121 Å². The second-order valence-electron chi connectivity index (χ2n) is 17.1. The molecule has 1 saturated heterocycles. The summed E-state index contributed by atoms with van der Waals surface area (Å²) >= 11 is 0. The smallest absolute Gasteiger partial charge is 0.261 e. The van der Waals surface area contributed by atoms with Crippen LogP contribution in [-0.4, -0.2) is 58.1 Å². The van der Waals surface area contributed by atoms with E-state index in [4.69, 9.17) is 28.1 Å². The number of benzene rings is 6. The summed E-state index contributed by atoms with van der Waals surface area (Å²) in [6.07, 6.45) is -2.70. The van der Waals surface area contributed by atoms with Crippen molar-refractivity contribution in [3.8, 4) is 0 Å². The van der Waals surface area contributed by atoms with Gasteiger partial charge in [-0.15, -0.1) is 0 Å². The zero-order valence-electron chi connectivity index (χ0n) is 36.5. The highest BCUT2D eigenvalue weighted by atomic mass is 28.4. The fraction of sp³-hybridized carbons (Fsp3) is 0.321. The summed E-state index contributed by atoms with van der Waals surface area (Å²) in [6.45, 7) is 8.47. The van der Waals surface area contributed by atoms with Gasteiger partial charge in [0, 0.05) is 11.5 Å². The molecule has 326 valence electrons. The second kappa shape index (κ2) is 22.8. The highest BCUT2D eigenvalue weighted by Crippen LogP contribution is 2.38. The van der Waals surface area contributed by atoms with Gasteiger partial charge in [-0.25, -0.2) is 0 Å². The lowest BCUT2D eigenvalue weighted by Gasteiger charge is -2.47. The second-order valence-corrected chi connectivity index (χ2v) is 21.4.